The first-order chi connectivity index (χ1) is 17.6. The Morgan fingerprint density at radius 2 is 1.84 bits per heavy atom. The molecule has 2 fully saturated rings. The van der Waals surface area contributed by atoms with Crippen LogP contribution in [0.3, 0.4) is 0 Å². The Balaban J connectivity index is 0.00000168. The minimum Gasteiger partial charge on any atom is -0.493 e. The monoisotopic (exact) mass is 558 g/mol. The first-order valence-corrected chi connectivity index (χ1v) is 13.6. The van der Waals surface area contributed by atoms with E-state index in [1.165, 1.54) is 61.7 Å². The maximum atomic E-state index is 6.18. The van der Waals surface area contributed by atoms with Crippen molar-refractivity contribution in [1.82, 2.24) is 19.9 Å². The summed E-state index contributed by atoms with van der Waals surface area (Å²) in [4.78, 5) is 8.06. The molecule has 0 atom stereocenters. The van der Waals surface area contributed by atoms with Crippen LogP contribution in [0.1, 0.15) is 48.9 Å². The Bertz CT molecular complexity index is 1320. The first-order valence-electron chi connectivity index (χ1n) is 13.6. The number of hydrogen-bond donors (Lipinski definition) is 1. The van der Waals surface area contributed by atoms with Crippen molar-refractivity contribution in [2.24, 2.45) is 11.8 Å². The van der Waals surface area contributed by atoms with Gasteiger partial charge in [-0.15, -0.1) is 24.8 Å². The molecule has 38 heavy (non-hydrogen) atoms. The van der Waals surface area contributed by atoms with Crippen molar-refractivity contribution in [2.75, 3.05) is 33.8 Å². The maximum absolute atomic E-state index is 6.18. The predicted molar refractivity (Wildman–Crippen MR) is 159 cm³/mol. The minimum atomic E-state index is 0. The number of benzene rings is 2. The molecule has 6 nitrogen and oxygen atoms in total. The number of piperidine rings is 1. The normalized spacial score (nSPS) is 16.6. The zero-order chi connectivity index (χ0) is 24.5. The van der Waals surface area contributed by atoms with Crippen molar-refractivity contribution in [3.05, 3.63) is 59.4 Å². The lowest BCUT2D eigenvalue weighted by atomic mass is 9.91. The molecule has 1 N–H and O–H groups in total. The fourth-order valence-corrected chi connectivity index (χ4v) is 5.60. The lowest BCUT2D eigenvalue weighted by Crippen LogP contribution is -2.33. The molecule has 1 saturated heterocycles. The molecule has 0 bridgehead atoms. The van der Waals surface area contributed by atoms with Gasteiger partial charge < -0.3 is 19.1 Å². The third-order valence-electron chi connectivity index (χ3n) is 7.94. The molecule has 6 rings (SSSR count). The molecule has 1 saturated carbocycles. The standard InChI is InChI=1S/C30H38N4O2.2ClH/c1-33(2)19-26-29(35-20-22-3-4-22)10-7-25-28(32-36-30(25)26)9-5-21-12-15-34(16-13-21)18-23-6-8-27-24(17-23)11-14-31-27;;/h6-8,10-11,14,17,21-22,31H,3-5,9,12-13,15-16,18-20H2,1-2H3;2*1H. The van der Waals surface area contributed by atoms with Crippen LogP contribution in [0.15, 0.2) is 47.1 Å². The van der Waals surface area contributed by atoms with Crippen LogP contribution in [0.4, 0.5) is 0 Å². The summed E-state index contributed by atoms with van der Waals surface area (Å²) < 4.78 is 12.1. The Morgan fingerprint density at radius 1 is 1.03 bits per heavy atom. The van der Waals surface area contributed by atoms with E-state index in [4.69, 9.17) is 9.26 Å². The molecule has 2 aromatic heterocycles. The van der Waals surface area contributed by atoms with Crippen molar-refractivity contribution in [3.8, 4) is 5.75 Å². The van der Waals surface area contributed by atoms with E-state index in [9.17, 15) is 0 Å². The molecule has 8 heteroatoms. The Labute approximate surface area is 237 Å². The summed E-state index contributed by atoms with van der Waals surface area (Å²) in [5.74, 6) is 2.43. The third kappa shape index (κ3) is 6.66. The highest BCUT2D eigenvalue weighted by molar-refractivity contribution is 5.86. The number of fused-ring (bicyclic) bond motifs is 2. The lowest BCUT2D eigenvalue weighted by molar-refractivity contribution is 0.172. The van der Waals surface area contributed by atoms with Crippen LogP contribution in [0.5, 0.6) is 5.75 Å². The van der Waals surface area contributed by atoms with Crippen molar-refractivity contribution in [1.29, 1.82) is 0 Å². The number of aryl methyl sites for hydroxylation is 1. The van der Waals surface area contributed by atoms with Gasteiger partial charge in [0.1, 0.15) is 5.75 Å². The highest BCUT2D eigenvalue weighted by Crippen LogP contribution is 2.35. The second-order valence-electron chi connectivity index (χ2n) is 11.2. The highest BCUT2D eigenvalue weighted by atomic mass is 35.5. The lowest BCUT2D eigenvalue weighted by Gasteiger charge is -2.32. The van der Waals surface area contributed by atoms with E-state index >= 15 is 0 Å². The molecule has 4 aromatic rings. The molecular formula is C30H40Cl2N4O2. The Kier molecular flexibility index (Phi) is 9.64. The van der Waals surface area contributed by atoms with Crippen molar-refractivity contribution < 1.29 is 9.26 Å². The van der Waals surface area contributed by atoms with E-state index in [1.54, 1.807) is 0 Å². The van der Waals surface area contributed by atoms with Crippen LogP contribution in [0.2, 0.25) is 0 Å². The number of likely N-dealkylation sites (tertiary alicyclic amines) is 1. The van der Waals surface area contributed by atoms with Crippen LogP contribution >= 0.6 is 24.8 Å². The van der Waals surface area contributed by atoms with Crippen LogP contribution in [0, 0.1) is 11.8 Å². The van der Waals surface area contributed by atoms with E-state index < -0.39 is 0 Å². The number of ether oxygens (including phenoxy) is 1. The minimum absolute atomic E-state index is 0. The van der Waals surface area contributed by atoms with Gasteiger partial charge in [-0.1, -0.05) is 11.2 Å². The summed E-state index contributed by atoms with van der Waals surface area (Å²) in [6.07, 6.45) is 9.27. The summed E-state index contributed by atoms with van der Waals surface area (Å²) in [6, 6.07) is 13.2. The fourth-order valence-electron chi connectivity index (χ4n) is 5.60. The van der Waals surface area contributed by atoms with Gasteiger partial charge in [0.05, 0.1) is 17.9 Å². The van der Waals surface area contributed by atoms with Gasteiger partial charge >= 0.3 is 0 Å². The number of halogens is 2. The fraction of sp³-hybridized carbons (Fsp3) is 0.500. The number of aromatic nitrogens is 2. The molecule has 0 unspecified atom stereocenters. The van der Waals surface area contributed by atoms with Gasteiger partial charge in [0.25, 0.3) is 0 Å². The zero-order valence-electron chi connectivity index (χ0n) is 22.4. The van der Waals surface area contributed by atoms with Crippen molar-refractivity contribution in [2.45, 2.75) is 51.6 Å². The number of aromatic amines is 1. The van der Waals surface area contributed by atoms with Crippen LogP contribution in [-0.2, 0) is 19.5 Å². The molecule has 2 aromatic carbocycles. The van der Waals surface area contributed by atoms with Crippen LogP contribution in [-0.4, -0.2) is 53.7 Å². The van der Waals surface area contributed by atoms with Gasteiger partial charge in [-0.2, -0.15) is 0 Å². The molecule has 0 radical (unpaired) electrons. The van der Waals surface area contributed by atoms with Crippen molar-refractivity contribution in [3.63, 3.8) is 0 Å². The van der Waals surface area contributed by atoms with E-state index in [0.717, 1.165) is 65.9 Å². The molecule has 2 aliphatic rings. The van der Waals surface area contributed by atoms with Gasteiger partial charge in [-0.05, 0) is 119 Å². The summed E-state index contributed by atoms with van der Waals surface area (Å²) >= 11 is 0. The van der Waals surface area contributed by atoms with E-state index in [1.807, 2.05) is 6.20 Å². The third-order valence-corrected chi connectivity index (χ3v) is 7.94. The Hall–Kier alpha value is -2.25. The molecule has 0 spiro atoms. The summed E-state index contributed by atoms with van der Waals surface area (Å²) in [5.41, 5.74) is 5.75. The first kappa shape index (κ1) is 28.8. The molecule has 0 amide bonds. The van der Waals surface area contributed by atoms with Gasteiger partial charge in [0.15, 0.2) is 5.58 Å². The number of hydrogen-bond acceptors (Lipinski definition) is 5. The number of nitrogens with zero attached hydrogens (tertiary/aromatic N) is 3. The molecule has 206 valence electrons. The number of rotatable bonds is 10. The summed E-state index contributed by atoms with van der Waals surface area (Å²) in [6.45, 7) is 4.99. The quantitative estimate of drug-likeness (QED) is 0.230. The number of nitrogens with one attached hydrogen (secondary N) is 1. The number of H-pyrrole nitrogens is 1. The highest BCUT2D eigenvalue weighted by Gasteiger charge is 2.24. The predicted octanol–water partition coefficient (Wildman–Crippen LogP) is 6.85. The average Bonchev–Trinajstić information content (AvgIpc) is 3.43. The SMILES string of the molecule is CN(C)Cc1c(OCC2CC2)ccc2c(CCC3CCN(Cc4ccc5[nH]ccc5c4)CC3)noc12.Cl.Cl. The van der Waals surface area contributed by atoms with Crippen molar-refractivity contribution >= 4 is 46.7 Å². The molecule has 3 heterocycles. The zero-order valence-corrected chi connectivity index (χ0v) is 24.1. The summed E-state index contributed by atoms with van der Waals surface area (Å²) in [5, 5.41) is 6.98. The second-order valence-corrected chi connectivity index (χ2v) is 11.2. The second kappa shape index (κ2) is 12.7. The van der Waals surface area contributed by atoms with E-state index in [0.29, 0.717) is 0 Å². The maximum Gasteiger partial charge on any atom is 0.175 e. The topological polar surface area (TPSA) is 57.5 Å². The average molecular weight is 560 g/mol. The smallest absolute Gasteiger partial charge is 0.175 e. The molecule has 1 aliphatic heterocycles. The van der Waals surface area contributed by atoms with Gasteiger partial charge in [-0.25, -0.2) is 0 Å². The largest absolute Gasteiger partial charge is 0.493 e. The van der Waals surface area contributed by atoms with E-state index in [2.05, 4.69) is 70.4 Å². The van der Waals surface area contributed by atoms with Gasteiger partial charge in [0.2, 0.25) is 0 Å². The van der Waals surface area contributed by atoms with Gasteiger partial charge in [-0.3, -0.25) is 4.90 Å². The Morgan fingerprint density at radius 3 is 2.61 bits per heavy atom. The molecular weight excluding hydrogens is 519 g/mol. The summed E-state index contributed by atoms with van der Waals surface area (Å²) in [7, 11) is 4.18. The molecule has 1 aliphatic carbocycles. The van der Waals surface area contributed by atoms with E-state index in [-0.39, 0.29) is 24.8 Å². The van der Waals surface area contributed by atoms with Gasteiger partial charge in [0, 0.05) is 30.2 Å². The van der Waals surface area contributed by atoms with Crippen LogP contribution in [0.25, 0.3) is 21.9 Å². The van der Waals surface area contributed by atoms with Crippen LogP contribution < -0.4 is 4.74 Å².